The lowest BCUT2D eigenvalue weighted by Crippen LogP contribution is -2.54. The number of allylic oxidation sites excluding steroid dienone is 1. The van der Waals surface area contributed by atoms with Crippen molar-refractivity contribution >= 4 is 17.5 Å². The zero-order chi connectivity index (χ0) is 21.2. The highest BCUT2D eigenvalue weighted by molar-refractivity contribution is 8.00. The maximum Gasteiger partial charge on any atom is 0.135 e. The molecule has 0 N–H and O–H groups in total. The fraction of sp³-hybridized carbons (Fsp3) is 0.444. The van der Waals surface area contributed by atoms with Gasteiger partial charge in [-0.05, 0) is 49.5 Å². The van der Waals surface area contributed by atoms with Gasteiger partial charge in [-0.2, -0.15) is 0 Å². The van der Waals surface area contributed by atoms with Crippen LogP contribution in [0.1, 0.15) is 58.4 Å². The fourth-order valence-corrected chi connectivity index (χ4v) is 6.82. The molecule has 2 nitrogen and oxygen atoms in total. The molecule has 2 aromatic rings. The molecule has 0 amide bonds. The number of rotatable bonds is 5. The molecule has 2 aliphatic carbocycles. The minimum atomic E-state index is -0.440. The van der Waals surface area contributed by atoms with Gasteiger partial charge in [-0.3, -0.25) is 4.79 Å². The molecule has 0 spiro atoms. The van der Waals surface area contributed by atoms with E-state index in [1.807, 2.05) is 30.0 Å². The van der Waals surface area contributed by atoms with E-state index in [4.69, 9.17) is 4.74 Å². The molecule has 1 saturated carbocycles. The first-order valence-corrected chi connectivity index (χ1v) is 11.9. The van der Waals surface area contributed by atoms with Crippen molar-refractivity contribution in [2.75, 3.05) is 0 Å². The van der Waals surface area contributed by atoms with Gasteiger partial charge in [0.1, 0.15) is 5.78 Å². The first-order valence-electron chi connectivity index (χ1n) is 11.0. The topological polar surface area (TPSA) is 26.3 Å². The summed E-state index contributed by atoms with van der Waals surface area (Å²) in [6.45, 7) is 7.47. The fourth-order valence-electron chi connectivity index (χ4n) is 5.33. The van der Waals surface area contributed by atoms with E-state index in [1.54, 1.807) is 0 Å². The smallest absolute Gasteiger partial charge is 0.135 e. The van der Waals surface area contributed by atoms with Crippen LogP contribution in [-0.2, 0) is 16.1 Å². The van der Waals surface area contributed by atoms with Crippen molar-refractivity contribution in [3.63, 3.8) is 0 Å². The predicted octanol–water partition coefficient (Wildman–Crippen LogP) is 6.99. The summed E-state index contributed by atoms with van der Waals surface area (Å²) in [5, 5.41) is 0.312. The molecule has 1 fully saturated rings. The van der Waals surface area contributed by atoms with E-state index in [9.17, 15) is 4.79 Å². The Kier molecular flexibility index (Phi) is 6.22. The monoisotopic (exact) mass is 420 g/mol. The SMILES string of the molecule is CC1=C2[C@@H](Sc3ccccc3)CCC(=O)C[C@](OCc3ccccc3)(CC1)C2(C)C. The molecule has 4 rings (SSSR count). The number of hydrogen-bond donors (Lipinski definition) is 0. The van der Waals surface area contributed by atoms with Crippen molar-refractivity contribution in [3.05, 3.63) is 77.4 Å². The lowest BCUT2D eigenvalue weighted by molar-refractivity contribution is -0.152. The predicted molar refractivity (Wildman–Crippen MR) is 125 cm³/mol. The van der Waals surface area contributed by atoms with Crippen molar-refractivity contribution in [3.8, 4) is 0 Å². The van der Waals surface area contributed by atoms with Crippen molar-refractivity contribution in [2.45, 2.75) is 75.2 Å². The van der Waals surface area contributed by atoms with E-state index in [1.165, 1.54) is 21.6 Å². The lowest BCUT2D eigenvalue weighted by Gasteiger charge is -2.54. The number of thioether (sulfide) groups is 1. The van der Waals surface area contributed by atoms with Crippen molar-refractivity contribution in [2.24, 2.45) is 5.41 Å². The highest BCUT2D eigenvalue weighted by atomic mass is 32.2. The van der Waals surface area contributed by atoms with Crippen LogP contribution in [0.3, 0.4) is 0 Å². The highest BCUT2D eigenvalue weighted by Gasteiger charge is 2.54. The molecule has 0 heterocycles. The van der Waals surface area contributed by atoms with E-state index >= 15 is 0 Å². The van der Waals surface area contributed by atoms with Crippen LogP contribution >= 0.6 is 11.8 Å². The van der Waals surface area contributed by atoms with E-state index in [2.05, 4.69) is 63.2 Å². The second-order valence-corrected chi connectivity index (χ2v) is 10.5. The van der Waals surface area contributed by atoms with Gasteiger partial charge in [-0.25, -0.2) is 0 Å². The average molecular weight is 421 g/mol. The summed E-state index contributed by atoms with van der Waals surface area (Å²) in [7, 11) is 0. The summed E-state index contributed by atoms with van der Waals surface area (Å²) in [5.41, 5.74) is 3.53. The minimum Gasteiger partial charge on any atom is -0.369 e. The summed E-state index contributed by atoms with van der Waals surface area (Å²) in [6, 6.07) is 20.9. The van der Waals surface area contributed by atoms with Gasteiger partial charge in [0.05, 0.1) is 12.2 Å². The molecule has 2 aromatic carbocycles. The van der Waals surface area contributed by atoms with Crippen LogP contribution in [0.2, 0.25) is 0 Å². The Morgan fingerprint density at radius 3 is 2.37 bits per heavy atom. The second kappa shape index (κ2) is 8.72. The quantitative estimate of drug-likeness (QED) is 0.488. The Morgan fingerprint density at radius 2 is 1.67 bits per heavy atom. The lowest BCUT2D eigenvalue weighted by atomic mass is 9.58. The van der Waals surface area contributed by atoms with Crippen LogP contribution in [0.15, 0.2) is 76.7 Å². The molecule has 0 saturated heterocycles. The molecular formula is C27H32O2S. The summed E-state index contributed by atoms with van der Waals surface area (Å²) >= 11 is 1.91. The summed E-state index contributed by atoms with van der Waals surface area (Å²) in [6.07, 6.45) is 3.98. The average Bonchev–Trinajstić information content (AvgIpc) is 2.74. The minimum absolute atomic E-state index is 0.188. The summed E-state index contributed by atoms with van der Waals surface area (Å²) < 4.78 is 6.73. The third-order valence-electron chi connectivity index (χ3n) is 7.05. The molecule has 0 unspecified atom stereocenters. The molecule has 2 aliphatic rings. The number of benzene rings is 2. The van der Waals surface area contributed by atoms with Crippen LogP contribution in [0, 0.1) is 5.41 Å². The molecule has 2 bridgehead atoms. The van der Waals surface area contributed by atoms with Gasteiger partial charge in [0.25, 0.3) is 0 Å². The molecule has 2 atom stereocenters. The zero-order valence-corrected chi connectivity index (χ0v) is 19.1. The van der Waals surface area contributed by atoms with Crippen LogP contribution < -0.4 is 0 Å². The largest absolute Gasteiger partial charge is 0.369 e. The van der Waals surface area contributed by atoms with Gasteiger partial charge >= 0.3 is 0 Å². The first-order chi connectivity index (χ1) is 14.4. The van der Waals surface area contributed by atoms with Gasteiger partial charge < -0.3 is 4.74 Å². The highest BCUT2D eigenvalue weighted by Crippen LogP contribution is 2.56. The standard InChI is InChI=1S/C27H32O2S/c1-20-16-17-27(29-19-21-10-6-4-7-11-21)18-22(28)14-15-24(25(20)26(27,2)3)30-23-12-8-5-9-13-23/h4-13,24H,14-19H2,1-3H3/t24-,27+/m0/s1. The number of Topliss-reactive ketones (excluding diaryl/α,β-unsaturated/α-hetero) is 1. The number of fused-ring (bicyclic) bond motifs is 2. The Hall–Kier alpha value is -1.84. The third kappa shape index (κ3) is 4.15. The molecule has 0 aromatic heterocycles. The summed E-state index contributed by atoms with van der Waals surface area (Å²) in [5.74, 6) is 0.341. The van der Waals surface area contributed by atoms with E-state index < -0.39 is 5.60 Å². The Morgan fingerprint density at radius 1 is 1.00 bits per heavy atom. The third-order valence-corrected chi connectivity index (χ3v) is 8.35. The zero-order valence-electron chi connectivity index (χ0n) is 18.3. The van der Waals surface area contributed by atoms with Crippen molar-refractivity contribution in [1.29, 1.82) is 0 Å². The van der Waals surface area contributed by atoms with Gasteiger partial charge in [0, 0.05) is 28.4 Å². The first kappa shape index (κ1) is 21.4. The van der Waals surface area contributed by atoms with Gasteiger partial charge in [-0.1, -0.05) is 68.0 Å². The maximum absolute atomic E-state index is 13.0. The molecule has 30 heavy (non-hydrogen) atoms. The van der Waals surface area contributed by atoms with Crippen molar-refractivity contribution < 1.29 is 9.53 Å². The Balaban J connectivity index is 1.69. The molecular weight excluding hydrogens is 388 g/mol. The maximum atomic E-state index is 13.0. The van der Waals surface area contributed by atoms with E-state index in [0.29, 0.717) is 30.5 Å². The Bertz CT molecular complexity index is 916. The van der Waals surface area contributed by atoms with Crippen LogP contribution in [0.4, 0.5) is 0 Å². The van der Waals surface area contributed by atoms with Gasteiger partial charge in [0.15, 0.2) is 0 Å². The van der Waals surface area contributed by atoms with Crippen molar-refractivity contribution in [1.82, 2.24) is 0 Å². The van der Waals surface area contributed by atoms with Gasteiger partial charge in [0.2, 0.25) is 0 Å². The molecule has 0 aliphatic heterocycles. The van der Waals surface area contributed by atoms with E-state index in [0.717, 1.165) is 19.3 Å². The second-order valence-electron chi connectivity index (χ2n) is 9.26. The number of hydrogen-bond acceptors (Lipinski definition) is 3. The number of carbonyl (C=O) groups excluding carboxylic acids is 1. The summed E-state index contributed by atoms with van der Waals surface area (Å²) in [4.78, 5) is 14.3. The molecule has 0 radical (unpaired) electrons. The van der Waals surface area contributed by atoms with Crippen LogP contribution in [0.25, 0.3) is 0 Å². The van der Waals surface area contributed by atoms with Crippen LogP contribution in [0.5, 0.6) is 0 Å². The Labute approximate surface area is 185 Å². The van der Waals surface area contributed by atoms with Gasteiger partial charge in [-0.15, -0.1) is 11.8 Å². The number of carbonyl (C=O) groups is 1. The number of ketones is 1. The number of ether oxygens (including phenoxy) is 1. The normalized spacial score (nSPS) is 26.2. The molecule has 158 valence electrons. The van der Waals surface area contributed by atoms with Crippen LogP contribution in [-0.4, -0.2) is 16.6 Å². The molecule has 3 heteroatoms. The van der Waals surface area contributed by atoms with E-state index in [-0.39, 0.29) is 5.41 Å².